The number of nitrogens with one attached hydrogen (secondary N) is 1. The van der Waals surface area contributed by atoms with E-state index in [1.165, 1.54) is 50.6 Å². The average molecular weight is 296 g/mol. The number of aromatic nitrogens is 1. The van der Waals surface area contributed by atoms with Crippen LogP contribution >= 0.6 is 11.3 Å². The molecular formula is C15H24N2O2S. The normalized spacial score (nSPS) is 22.6. The van der Waals surface area contributed by atoms with Crippen LogP contribution in [0.5, 0.6) is 0 Å². The van der Waals surface area contributed by atoms with Crippen LogP contribution in [-0.4, -0.2) is 24.6 Å². The van der Waals surface area contributed by atoms with Crippen molar-refractivity contribution in [3.8, 4) is 0 Å². The van der Waals surface area contributed by atoms with Gasteiger partial charge in [-0.05, 0) is 25.2 Å². The number of thiazole rings is 1. The lowest BCUT2D eigenvalue weighted by molar-refractivity contribution is 0.0605. The summed E-state index contributed by atoms with van der Waals surface area (Å²) in [6.45, 7) is 5.13. The van der Waals surface area contributed by atoms with E-state index in [1.807, 2.05) is 6.92 Å². The molecule has 0 saturated heterocycles. The lowest BCUT2D eigenvalue weighted by Crippen LogP contribution is -2.15. The second kappa shape index (κ2) is 7.07. The van der Waals surface area contributed by atoms with Gasteiger partial charge in [0.1, 0.15) is 4.88 Å². The van der Waals surface area contributed by atoms with Gasteiger partial charge in [0.05, 0.1) is 12.8 Å². The van der Waals surface area contributed by atoms with Crippen molar-refractivity contribution in [1.82, 2.24) is 4.98 Å². The molecule has 0 radical (unpaired) electrons. The van der Waals surface area contributed by atoms with E-state index in [1.54, 1.807) is 0 Å². The minimum atomic E-state index is -0.297. The third-order valence-electron chi connectivity index (χ3n) is 4.13. The van der Waals surface area contributed by atoms with Crippen LogP contribution < -0.4 is 5.32 Å². The molecular weight excluding hydrogens is 272 g/mol. The van der Waals surface area contributed by atoms with Crippen molar-refractivity contribution in [2.45, 2.75) is 46.0 Å². The van der Waals surface area contributed by atoms with E-state index in [0.29, 0.717) is 4.88 Å². The lowest BCUT2D eigenvalue weighted by atomic mass is 9.81. The number of nitrogens with zero attached hydrogens (tertiary/aromatic N) is 1. The van der Waals surface area contributed by atoms with Gasteiger partial charge in [0, 0.05) is 6.54 Å². The Bertz CT molecular complexity index is 451. The number of carbonyl (C=O) groups excluding carboxylic acids is 1. The number of esters is 1. The number of hydrogen-bond acceptors (Lipinski definition) is 5. The first-order valence-corrected chi connectivity index (χ1v) is 8.21. The first-order chi connectivity index (χ1) is 9.60. The maximum Gasteiger partial charge on any atom is 0.350 e. The molecule has 4 nitrogen and oxygen atoms in total. The fourth-order valence-corrected chi connectivity index (χ4v) is 3.67. The standard InChI is InChI=1S/C15H24N2O2S/c1-10-4-6-12(7-5-10)8-9-16-15-17-11(2)13(20-15)14(18)19-3/h10,12H,4-9H2,1-3H3,(H,16,17). The van der Waals surface area contributed by atoms with Crippen molar-refractivity contribution < 1.29 is 9.53 Å². The predicted molar refractivity (Wildman–Crippen MR) is 82.4 cm³/mol. The van der Waals surface area contributed by atoms with Gasteiger partial charge in [0.2, 0.25) is 0 Å². The lowest BCUT2D eigenvalue weighted by Gasteiger charge is -2.26. The van der Waals surface area contributed by atoms with Crippen LogP contribution in [0, 0.1) is 18.8 Å². The summed E-state index contributed by atoms with van der Waals surface area (Å²) >= 11 is 1.38. The Hall–Kier alpha value is -1.10. The summed E-state index contributed by atoms with van der Waals surface area (Å²) in [7, 11) is 1.40. The maximum atomic E-state index is 11.5. The molecule has 1 aliphatic rings. The zero-order valence-electron chi connectivity index (χ0n) is 12.6. The monoisotopic (exact) mass is 296 g/mol. The van der Waals surface area contributed by atoms with Crippen molar-refractivity contribution in [1.29, 1.82) is 0 Å². The van der Waals surface area contributed by atoms with E-state index in [9.17, 15) is 4.79 Å². The maximum absolute atomic E-state index is 11.5. The molecule has 2 rings (SSSR count). The van der Waals surface area contributed by atoms with E-state index in [-0.39, 0.29) is 5.97 Å². The molecule has 1 aliphatic carbocycles. The van der Waals surface area contributed by atoms with Crippen molar-refractivity contribution in [2.75, 3.05) is 19.0 Å². The van der Waals surface area contributed by atoms with Crippen LogP contribution in [0.15, 0.2) is 0 Å². The Morgan fingerprint density at radius 3 is 2.75 bits per heavy atom. The molecule has 1 aromatic rings. The third kappa shape index (κ3) is 3.95. The molecule has 0 aliphatic heterocycles. The molecule has 1 aromatic heterocycles. The first kappa shape index (κ1) is 15.3. The minimum absolute atomic E-state index is 0.297. The van der Waals surface area contributed by atoms with Crippen LogP contribution in [-0.2, 0) is 4.74 Å². The molecule has 20 heavy (non-hydrogen) atoms. The molecule has 1 heterocycles. The van der Waals surface area contributed by atoms with Gasteiger partial charge in [0.25, 0.3) is 0 Å². The van der Waals surface area contributed by atoms with Gasteiger partial charge in [-0.2, -0.15) is 0 Å². The van der Waals surface area contributed by atoms with Crippen LogP contribution in [0.25, 0.3) is 0 Å². The van der Waals surface area contributed by atoms with Crippen molar-refractivity contribution in [3.63, 3.8) is 0 Å². The third-order valence-corrected chi connectivity index (χ3v) is 5.23. The Kier molecular flexibility index (Phi) is 5.40. The van der Waals surface area contributed by atoms with Gasteiger partial charge in [-0.15, -0.1) is 0 Å². The number of hydrogen-bond donors (Lipinski definition) is 1. The van der Waals surface area contributed by atoms with E-state index < -0.39 is 0 Å². The second-order valence-electron chi connectivity index (χ2n) is 5.77. The van der Waals surface area contributed by atoms with Crippen molar-refractivity contribution in [3.05, 3.63) is 10.6 Å². The number of ether oxygens (including phenoxy) is 1. The SMILES string of the molecule is COC(=O)c1sc(NCCC2CCC(C)CC2)nc1C. The van der Waals surface area contributed by atoms with Gasteiger partial charge >= 0.3 is 5.97 Å². The van der Waals surface area contributed by atoms with Crippen LogP contribution in [0.2, 0.25) is 0 Å². The topological polar surface area (TPSA) is 51.2 Å². The number of methoxy groups -OCH3 is 1. The highest BCUT2D eigenvalue weighted by Gasteiger charge is 2.18. The number of rotatable bonds is 5. The highest BCUT2D eigenvalue weighted by Crippen LogP contribution is 2.30. The van der Waals surface area contributed by atoms with E-state index in [4.69, 9.17) is 4.74 Å². The summed E-state index contributed by atoms with van der Waals surface area (Å²) in [5.41, 5.74) is 0.746. The Balaban J connectivity index is 1.78. The molecule has 0 aromatic carbocycles. The van der Waals surface area contributed by atoms with Gasteiger partial charge in [-0.1, -0.05) is 43.9 Å². The summed E-state index contributed by atoms with van der Waals surface area (Å²) in [4.78, 5) is 16.5. The smallest absolute Gasteiger partial charge is 0.350 e. The van der Waals surface area contributed by atoms with Gasteiger partial charge in [0.15, 0.2) is 5.13 Å². The summed E-state index contributed by atoms with van der Waals surface area (Å²) < 4.78 is 4.74. The Morgan fingerprint density at radius 2 is 2.10 bits per heavy atom. The Labute approximate surface area is 124 Å². The number of anilines is 1. The molecule has 0 atom stereocenters. The Morgan fingerprint density at radius 1 is 1.40 bits per heavy atom. The molecule has 0 unspecified atom stereocenters. The molecule has 0 spiro atoms. The largest absolute Gasteiger partial charge is 0.465 e. The van der Waals surface area contributed by atoms with Crippen LogP contribution in [0.1, 0.15) is 54.4 Å². The number of carbonyl (C=O) groups is 1. The van der Waals surface area contributed by atoms with E-state index in [0.717, 1.165) is 29.2 Å². The zero-order valence-corrected chi connectivity index (χ0v) is 13.4. The quantitative estimate of drug-likeness (QED) is 0.838. The first-order valence-electron chi connectivity index (χ1n) is 7.39. The highest BCUT2D eigenvalue weighted by atomic mass is 32.1. The zero-order chi connectivity index (χ0) is 14.5. The molecule has 5 heteroatoms. The fraction of sp³-hybridized carbons (Fsp3) is 0.733. The summed E-state index contributed by atoms with van der Waals surface area (Å²) in [5.74, 6) is 1.46. The molecule has 1 N–H and O–H groups in total. The van der Waals surface area contributed by atoms with Crippen LogP contribution in [0.3, 0.4) is 0 Å². The summed E-state index contributed by atoms with van der Waals surface area (Å²) in [5, 5.41) is 4.17. The summed E-state index contributed by atoms with van der Waals surface area (Å²) in [6.07, 6.45) is 6.64. The predicted octanol–water partition coefficient (Wildman–Crippen LogP) is 3.87. The van der Waals surface area contributed by atoms with Gasteiger partial charge < -0.3 is 10.1 Å². The van der Waals surface area contributed by atoms with Crippen molar-refractivity contribution in [2.24, 2.45) is 11.8 Å². The van der Waals surface area contributed by atoms with Gasteiger partial charge in [-0.3, -0.25) is 0 Å². The highest BCUT2D eigenvalue weighted by molar-refractivity contribution is 7.17. The number of aryl methyl sites for hydroxylation is 1. The minimum Gasteiger partial charge on any atom is -0.465 e. The molecule has 0 bridgehead atoms. The fourth-order valence-electron chi connectivity index (χ4n) is 2.76. The van der Waals surface area contributed by atoms with E-state index >= 15 is 0 Å². The molecule has 0 amide bonds. The average Bonchev–Trinajstić information content (AvgIpc) is 2.81. The molecule has 112 valence electrons. The van der Waals surface area contributed by atoms with Gasteiger partial charge in [-0.25, -0.2) is 9.78 Å². The van der Waals surface area contributed by atoms with E-state index in [2.05, 4.69) is 17.2 Å². The molecule has 1 saturated carbocycles. The molecule has 1 fully saturated rings. The van der Waals surface area contributed by atoms with Crippen molar-refractivity contribution >= 4 is 22.4 Å². The van der Waals surface area contributed by atoms with Crippen LogP contribution in [0.4, 0.5) is 5.13 Å². The summed E-state index contributed by atoms with van der Waals surface area (Å²) in [6, 6.07) is 0. The second-order valence-corrected chi connectivity index (χ2v) is 6.77.